The van der Waals surface area contributed by atoms with Crippen molar-refractivity contribution in [3.8, 4) is 5.75 Å². The molecule has 0 aromatic heterocycles. The Kier molecular flexibility index (Phi) is 4.69. The molecular formula is C19H24O2. The van der Waals surface area contributed by atoms with E-state index in [-0.39, 0.29) is 11.5 Å². The van der Waals surface area contributed by atoms with E-state index in [1.54, 1.807) is 0 Å². The molecule has 0 radical (unpaired) electrons. The predicted octanol–water partition coefficient (Wildman–Crippen LogP) is 4.49. The van der Waals surface area contributed by atoms with Crippen LogP contribution in [-0.2, 0) is 5.41 Å². The average molecular weight is 284 g/mol. The molecule has 0 saturated heterocycles. The third-order valence-electron chi connectivity index (χ3n) is 3.77. The Hall–Kier alpha value is -1.80. The fourth-order valence-electron chi connectivity index (χ4n) is 2.44. The molecule has 0 aliphatic heterocycles. The third-order valence-corrected chi connectivity index (χ3v) is 3.77. The molecule has 1 N–H and O–H groups in total. The van der Waals surface area contributed by atoms with Gasteiger partial charge in [-0.25, -0.2) is 0 Å². The van der Waals surface area contributed by atoms with Crippen LogP contribution in [0.3, 0.4) is 0 Å². The summed E-state index contributed by atoms with van der Waals surface area (Å²) in [6.07, 6.45) is -0.408. The SMILES string of the molecule is CC(C)Oc1ccc(C(O)C(C)(C)c2ccccc2)cc1. The molecule has 2 aromatic rings. The summed E-state index contributed by atoms with van der Waals surface area (Å²) in [5.41, 5.74) is 1.68. The van der Waals surface area contributed by atoms with Gasteiger partial charge in [0, 0.05) is 5.41 Å². The van der Waals surface area contributed by atoms with Crippen LogP contribution in [-0.4, -0.2) is 11.2 Å². The average Bonchev–Trinajstić information content (AvgIpc) is 2.47. The van der Waals surface area contributed by atoms with Crippen LogP contribution in [0.15, 0.2) is 54.6 Å². The van der Waals surface area contributed by atoms with Crippen LogP contribution in [0.2, 0.25) is 0 Å². The first-order valence-corrected chi connectivity index (χ1v) is 7.41. The van der Waals surface area contributed by atoms with Gasteiger partial charge in [-0.15, -0.1) is 0 Å². The summed E-state index contributed by atoms with van der Waals surface area (Å²) in [6, 6.07) is 17.8. The van der Waals surface area contributed by atoms with Crippen LogP contribution >= 0.6 is 0 Å². The molecule has 2 rings (SSSR count). The maximum atomic E-state index is 10.7. The largest absolute Gasteiger partial charge is 0.491 e. The topological polar surface area (TPSA) is 29.5 Å². The number of aliphatic hydroxyl groups is 1. The van der Waals surface area contributed by atoms with Crippen LogP contribution in [0, 0.1) is 0 Å². The van der Waals surface area contributed by atoms with Gasteiger partial charge in [-0.05, 0) is 37.1 Å². The zero-order valence-electron chi connectivity index (χ0n) is 13.2. The standard InChI is InChI=1S/C19H24O2/c1-14(2)21-17-12-10-15(11-13-17)18(20)19(3,4)16-8-6-5-7-9-16/h5-14,18,20H,1-4H3. The number of hydrogen-bond donors (Lipinski definition) is 1. The van der Waals surface area contributed by atoms with Crippen LogP contribution in [0.25, 0.3) is 0 Å². The van der Waals surface area contributed by atoms with Crippen LogP contribution in [0.1, 0.15) is 44.9 Å². The molecule has 0 fully saturated rings. The van der Waals surface area contributed by atoms with E-state index in [1.807, 2.05) is 56.3 Å². The van der Waals surface area contributed by atoms with Crippen LogP contribution < -0.4 is 4.74 Å². The predicted molar refractivity (Wildman–Crippen MR) is 86.6 cm³/mol. The molecule has 2 aromatic carbocycles. The van der Waals surface area contributed by atoms with Crippen molar-refractivity contribution in [1.29, 1.82) is 0 Å². The van der Waals surface area contributed by atoms with E-state index in [0.29, 0.717) is 0 Å². The smallest absolute Gasteiger partial charge is 0.119 e. The van der Waals surface area contributed by atoms with E-state index in [0.717, 1.165) is 16.9 Å². The fraction of sp³-hybridized carbons (Fsp3) is 0.368. The highest BCUT2D eigenvalue weighted by Crippen LogP contribution is 2.37. The molecule has 0 heterocycles. The van der Waals surface area contributed by atoms with Gasteiger partial charge in [0.25, 0.3) is 0 Å². The molecule has 2 nitrogen and oxygen atoms in total. The summed E-state index contributed by atoms with van der Waals surface area (Å²) in [4.78, 5) is 0. The number of benzene rings is 2. The molecule has 0 bridgehead atoms. The van der Waals surface area contributed by atoms with E-state index in [2.05, 4.69) is 26.0 Å². The summed E-state index contributed by atoms with van der Waals surface area (Å²) in [7, 11) is 0. The zero-order valence-corrected chi connectivity index (χ0v) is 13.2. The lowest BCUT2D eigenvalue weighted by molar-refractivity contribution is 0.100. The van der Waals surface area contributed by atoms with Gasteiger partial charge in [-0.3, -0.25) is 0 Å². The number of rotatable bonds is 5. The van der Waals surface area contributed by atoms with Crippen molar-refractivity contribution in [3.63, 3.8) is 0 Å². The van der Waals surface area contributed by atoms with Crippen LogP contribution in [0.5, 0.6) is 5.75 Å². The maximum absolute atomic E-state index is 10.7. The van der Waals surface area contributed by atoms with Crippen molar-refractivity contribution < 1.29 is 9.84 Å². The zero-order chi connectivity index (χ0) is 15.5. The Morgan fingerprint density at radius 3 is 2.00 bits per heavy atom. The van der Waals surface area contributed by atoms with E-state index in [4.69, 9.17) is 4.74 Å². The van der Waals surface area contributed by atoms with Gasteiger partial charge in [0.2, 0.25) is 0 Å². The molecule has 0 amide bonds. The Morgan fingerprint density at radius 2 is 1.48 bits per heavy atom. The second-order valence-corrected chi connectivity index (χ2v) is 6.23. The van der Waals surface area contributed by atoms with Gasteiger partial charge in [0.05, 0.1) is 12.2 Å². The van der Waals surface area contributed by atoms with Crippen molar-refractivity contribution in [2.24, 2.45) is 0 Å². The first kappa shape index (κ1) is 15.6. The molecule has 0 aliphatic carbocycles. The highest BCUT2D eigenvalue weighted by atomic mass is 16.5. The van der Waals surface area contributed by atoms with Gasteiger partial charge in [0.1, 0.15) is 5.75 Å². The van der Waals surface area contributed by atoms with Gasteiger partial charge in [-0.2, -0.15) is 0 Å². The third kappa shape index (κ3) is 3.64. The Morgan fingerprint density at radius 1 is 0.905 bits per heavy atom. The number of ether oxygens (including phenoxy) is 1. The molecule has 0 spiro atoms. The summed E-state index contributed by atoms with van der Waals surface area (Å²) in [6.45, 7) is 8.12. The highest BCUT2D eigenvalue weighted by Gasteiger charge is 2.30. The van der Waals surface area contributed by atoms with Crippen LogP contribution in [0.4, 0.5) is 0 Å². The lowest BCUT2D eigenvalue weighted by atomic mass is 9.77. The summed E-state index contributed by atoms with van der Waals surface area (Å²) in [5, 5.41) is 10.7. The Bertz CT molecular complexity index is 556. The first-order valence-electron chi connectivity index (χ1n) is 7.41. The molecule has 0 aliphatic rings. The molecule has 1 atom stereocenters. The summed E-state index contributed by atoms with van der Waals surface area (Å²) < 4.78 is 5.64. The fourth-order valence-corrected chi connectivity index (χ4v) is 2.44. The first-order chi connectivity index (χ1) is 9.91. The van der Waals surface area contributed by atoms with Gasteiger partial charge >= 0.3 is 0 Å². The van der Waals surface area contributed by atoms with E-state index in [9.17, 15) is 5.11 Å². The second-order valence-electron chi connectivity index (χ2n) is 6.23. The Balaban J connectivity index is 2.21. The summed E-state index contributed by atoms with van der Waals surface area (Å²) >= 11 is 0. The molecule has 0 saturated carbocycles. The normalized spacial score (nSPS) is 13.2. The van der Waals surface area contributed by atoms with Gasteiger partial charge < -0.3 is 9.84 Å². The molecule has 1 unspecified atom stereocenters. The molecule has 21 heavy (non-hydrogen) atoms. The lowest BCUT2D eigenvalue weighted by Gasteiger charge is -2.31. The molecule has 2 heteroatoms. The second kappa shape index (κ2) is 6.31. The molecular weight excluding hydrogens is 260 g/mol. The lowest BCUT2D eigenvalue weighted by Crippen LogP contribution is -2.26. The quantitative estimate of drug-likeness (QED) is 0.877. The minimum atomic E-state index is -0.562. The van der Waals surface area contributed by atoms with E-state index >= 15 is 0 Å². The maximum Gasteiger partial charge on any atom is 0.119 e. The van der Waals surface area contributed by atoms with E-state index < -0.39 is 6.10 Å². The van der Waals surface area contributed by atoms with Crippen molar-refractivity contribution in [1.82, 2.24) is 0 Å². The minimum Gasteiger partial charge on any atom is -0.491 e. The van der Waals surface area contributed by atoms with Crippen molar-refractivity contribution in [2.75, 3.05) is 0 Å². The Labute approximate surface area is 127 Å². The van der Waals surface area contributed by atoms with Gasteiger partial charge in [-0.1, -0.05) is 56.3 Å². The van der Waals surface area contributed by atoms with Crippen molar-refractivity contribution in [3.05, 3.63) is 65.7 Å². The van der Waals surface area contributed by atoms with E-state index in [1.165, 1.54) is 0 Å². The van der Waals surface area contributed by atoms with Crippen molar-refractivity contribution in [2.45, 2.75) is 45.3 Å². The molecule has 112 valence electrons. The highest BCUT2D eigenvalue weighted by molar-refractivity contribution is 5.33. The monoisotopic (exact) mass is 284 g/mol. The van der Waals surface area contributed by atoms with Gasteiger partial charge in [0.15, 0.2) is 0 Å². The minimum absolute atomic E-state index is 0.154. The summed E-state index contributed by atoms with van der Waals surface area (Å²) in [5.74, 6) is 0.832. The number of aliphatic hydroxyl groups excluding tert-OH is 1. The van der Waals surface area contributed by atoms with Crippen molar-refractivity contribution >= 4 is 0 Å². The number of hydrogen-bond acceptors (Lipinski definition) is 2.